The molecule has 1 amide bonds. The molecule has 1 saturated heterocycles. The maximum absolute atomic E-state index is 12.2. The van der Waals surface area contributed by atoms with Crippen molar-refractivity contribution in [1.82, 2.24) is 20.4 Å². The number of amides is 1. The maximum atomic E-state index is 12.2. The van der Waals surface area contributed by atoms with E-state index in [0.717, 1.165) is 12.3 Å². The van der Waals surface area contributed by atoms with E-state index in [1.165, 1.54) is 0 Å². The molecule has 0 aromatic carbocycles. The summed E-state index contributed by atoms with van der Waals surface area (Å²) in [6, 6.07) is 7.21. The van der Waals surface area contributed by atoms with Crippen molar-refractivity contribution in [3.8, 4) is 0 Å². The Morgan fingerprint density at radius 3 is 3.12 bits per heavy atom. The Kier molecular flexibility index (Phi) is 5.97. The molecule has 0 unspecified atom stereocenters. The predicted octanol–water partition coefficient (Wildman–Crippen LogP) is 1.06. The summed E-state index contributed by atoms with van der Waals surface area (Å²) in [6.45, 7) is 4.91. The summed E-state index contributed by atoms with van der Waals surface area (Å²) in [5, 5.41) is 14.0. The molecular weight excluding hydrogens is 322 g/mol. The van der Waals surface area contributed by atoms with Crippen LogP contribution < -0.4 is 10.6 Å². The fourth-order valence-electron chi connectivity index (χ4n) is 2.76. The number of furan rings is 1. The number of hydrogen-bond donors (Lipinski definition) is 2. The van der Waals surface area contributed by atoms with Crippen LogP contribution in [-0.2, 0) is 9.53 Å². The summed E-state index contributed by atoms with van der Waals surface area (Å²) < 4.78 is 11.1. The second-order valence-electron chi connectivity index (χ2n) is 6.02. The Hall–Kier alpha value is -2.45. The molecule has 0 saturated carbocycles. The first-order chi connectivity index (χ1) is 12.2. The molecule has 134 valence electrons. The largest absolute Gasteiger partial charge is 0.467 e. The second-order valence-corrected chi connectivity index (χ2v) is 6.02. The van der Waals surface area contributed by atoms with Crippen LogP contribution in [0, 0.1) is 0 Å². The van der Waals surface area contributed by atoms with Crippen LogP contribution in [0.15, 0.2) is 41.1 Å². The number of nitrogens with one attached hydrogen (secondary N) is 2. The van der Waals surface area contributed by atoms with E-state index in [1.807, 2.05) is 31.2 Å². The molecule has 2 aromatic heterocycles. The third-order valence-electron chi connectivity index (χ3n) is 4.02. The van der Waals surface area contributed by atoms with Crippen LogP contribution in [-0.4, -0.2) is 59.9 Å². The van der Waals surface area contributed by atoms with Crippen LogP contribution >= 0.6 is 0 Å². The highest BCUT2D eigenvalue weighted by Crippen LogP contribution is 2.12. The van der Waals surface area contributed by atoms with E-state index < -0.39 is 0 Å². The highest BCUT2D eigenvalue weighted by Gasteiger charge is 2.23. The summed E-state index contributed by atoms with van der Waals surface area (Å²) in [5.74, 6) is 1.45. The highest BCUT2D eigenvalue weighted by atomic mass is 16.5. The third-order valence-corrected chi connectivity index (χ3v) is 4.02. The SMILES string of the molecule is C[C@H](NC(=O)CN1CCO[C@H](CNc2cccnn2)C1)c1ccco1. The zero-order valence-electron chi connectivity index (χ0n) is 14.2. The van der Waals surface area contributed by atoms with Gasteiger partial charge in [0.25, 0.3) is 0 Å². The lowest BCUT2D eigenvalue weighted by Gasteiger charge is -2.32. The van der Waals surface area contributed by atoms with Gasteiger partial charge in [-0.05, 0) is 31.2 Å². The van der Waals surface area contributed by atoms with Crippen molar-refractivity contribution in [2.24, 2.45) is 0 Å². The molecule has 25 heavy (non-hydrogen) atoms. The first-order valence-corrected chi connectivity index (χ1v) is 8.39. The van der Waals surface area contributed by atoms with E-state index in [-0.39, 0.29) is 18.1 Å². The number of anilines is 1. The molecule has 0 aliphatic carbocycles. The summed E-state index contributed by atoms with van der Waals surface area (Å²) in [7, 11) is 0. The third kappa shape index (κ3) is 5.27. The van der Waals surface area contributed by atoms with Crippen molar-refractivity contribution in [2.75, 3.05) is 38.1 Å². The standard InChI is InChI=1S/C17H23N5O3/c1-13(15-4-3-8-25-15)20-17(23)12-22-7-9-24-14(11-22)10-18-16-5-2-6-19-21-16/h2-6,8,13-14H,7,9-12H2,1H3,(H,18,21)(H,20,23)/t13-,14+/m0/s1. The first kappa shape index (κ1) is 17.4. The van der Waals surface area contributed by atoms with Gasteiger partial charge in [0.15, 0.2) is 0 Å². The first-order valence-electron chi connectivity index (χ1n) is 8.39. The average Bonchev–Trinajstić information content (AvgIpc) is 3.16. The van der Waals surface area contributed by atoms with E-state index in [2.05, 4.69) is 25.7 Å². The molecule has 1 aliphatic heterocycles. The van der Waals surface area contributed by atoms with Gasteiger partial charge in [-0.25, -0.2) is 0 Å². The predicted molar refractivity (Wildman–Crippen MR) is 92.0 cm³/mol. The minimum absolute atomic E-state index is 0.00560. The molecule has 1 fully saturated rings. The molecule has 2 N–H and O–H groups in total. The summed E-state index contributed by atoms with van der Waals surface area (Å²) in [6.07, 6.45) is 3.24. The molecular formula is C17H23N5O3. The Morgan fingerprint density at radius 2 is 2.36 bits per heavy atom. The number of rotatable bonds is 7. The normalized spacial score (nSPS) is 19.3. The Balaban J connectivity index is 1.42. The van der Waals surface area contributed by atoms with Gasteiger partial charge in [-0.2, -0.15) is 5.10 Å². The molecule has 2 aromatic rings. The molecule has 0 spiro atoms. The van der Waals surface area contributed by atoms with Gasteiger partial charge < -0.3 is 19.8 Å². The van der Waals surface area contributed by atoms with E-state index in [4.69, 9.17) is 9.15 Å². The number of morpholine rings is 1. The van der Waals surface area contributed by atoms with Crippen molar-refractivity contribution in [3.63, 3.8) is 0 Å². The van der Waals surface area contributed by atoms with Crippen LogP contribution in [0.25, 0.3) is 0 Å². The monoisotopic (exact) mass is 345 g/mol. The van der Waals surface area contributed by atoms with Crippen LogP contribution in [0.2, 0.25) is 0 Å². The molecule has 8 nitrogen and oxygen atoms in total. The lowest BCUT2D eigenvalue weighted by Crippen LogP contribution is -2.49. The number of hydrogen-bond acceptors (Lipinski definition) is 7. The summed E-state index contributed by atoms with van der Waals surface area (Å²) >= 11 is 0. The minimum atomic E-state index is -0.141. The second kappa shape index (κ2) is 8.59. The van der Waals surface area contributed by atoms with Crippen molar-refractivity contribution in [2.45, 2.75) is 19.1 Å². The van der Waals surface area contributed by atoms with Crippen LogP contribution in [0.1, 0.15) is 18.7 Å². The summed E-state index contributed by atoms with van der Waals surface area (Å²) in [5.41, 5.74) is 0. The van der Waals surface area contributed by atoms with Gasteiger partial charge in [0.1, 0.15) is 11.6 Å². The zero-order valence-corrected chi connectivity index (χ0v) is 14.2. The quantitative estimate of drug-likeness (QED) is 0.775. The summed E-state index contributed by atoms with van der Waals surface area (Å²) in [4.78, 5) is 14.3. The lowest BCUT2D eigenvalue weighted by atomic mass is 10.2. The van der Waals surface area contributed by atoms with E-state index in [1.54, 1.807) is 12.5 Å². The van der Waals surface area contributed by atoms with Gasteiger partial charge in [-0.15, -0.1) is 5.10 Å². The lowest BCUT2D eigenvalue weighted by molar-refractivity contribution is -0.124. The molecule has 8 heteroatoms. The van der Waals surface area contributed by atoms with Crippen molar-refractivity contribution in [3.05, 3.63) is 42.5 Å². The van der Waals surface area contributed by atoms with Gasteiger partial charge >= 0.3 is 0 Å². The fraction of sp³-hybridized carbons (Fsp3) is 0.471. The Morgan fingerprint density at radius 1 is 1.44 bits per heavy atom. The molecule has 0 bridgehead atoms. The van der Waals surface area contributed by atoms with E-state index in [9.17, 15) is 4.79 Å². The highest BCUT2D eigenvalue weighted by molar-refractivity contribution is 5.78. The van der Waals surface area contributed by atoms with Crippen molar-refractivity contribution in [1.29, 1.82) is 0 Å². The fourth-order valence-corrected chi connectivity index (χ4v) is 2.76. The molecule has 1 aliphatic rings. The zero-order chi connectivity index (χ0) is 17.5. The number of ether oxygens (including phenoxy) is 1. The van der Waals surface area contributed by atoms with Crippen LogP contribution in [0.5, 0.6) is 0 Å². The Bertz CT molecular complexity index is 650. The van der Waals surface area contributed by atoms with Crippen molar-refractivity contribution < 1.29 is 13.9 Å². The smallest absolute Gasteiger partial charge is 0.234 e. The number of aromatic nitrogens is 2. The van der Waals surface area contributed by atoms with E-state index in [0.29, 0.717) is 32.1 Å². The van der Waals surface area contributed by atoms with Crippen LogP contribution in [0.4, 0.5) is 5.82 Å². The van der Waals surface area contributed by atoms with Gasteiger partial charge in [0.05, 0.1) is 31.6 Å². The van der Waals surface area contributed by atoms with Gasteiger partial charge in [-0.1, -0.05) is 0 Å². The number of carbonyl (C=O) groups is 1. The van der Waals surface area contributed by atoms with E-state index >= 15 is 0 Å². The number of carbonyl (C=O) groups excluding carboxylic acids is 1. The minimum Gasteiger partial charge on any atom is -0.467 e. The van der Waals surface area contributed by atoms with Crippen molar-refractivity contribution >= 4 is 11.7 Å². The van der Waals surface area contributed by atoms with Gasteiger partial charge in [-0.3, -0.25) is 9.69 Å². The molecule has 3 heterocycles. The molecule has 3 rings (SSSR count). The van der Waals surface area contributed by atoms with Gasteiger partial charge in [0, 0.05) is 25.8 Å². The molecule has 0 radical (unpaired) electrons. The Labute approximate surface area is 146 Å². The average molecular weight is 345 g/mol. The maximum Gasteiger partial charge on any atom is 0.234 e. The van der Waals surface area contributed by atoms with Gasteiger partial charge in [0.2, 0.25) is 5.91 Å². The topological polar surface area (TPSA) is 92.5 Å². The molecule has 2 atom stereocenters. The van der Waals surface area contributed by atoms with Crippen LogP contribution in [0.3, 0.4) is 0 Å². The number of nitrogens with zero attached hydrogens (tertiary/aromatic N) is 3.